The first-order valence-corrected chi connectivity index (χ1v) is 9.41. The van der Waals surface area contributed by atoms with Crippen molar-refractivity contribution in [2.75, 3.05) is 13.2 Å². The second-order valence-corrected chi connectivity index (χ2v) is 7.19. The van der Waals surface area contributed by atoms with E-state index in [2.05, 4.69) is 17.0 Å². The Morgan fingerprint density at radius 3 is 3.12 bits per heavy atom. The molecule has 1 atom stereocenters. The van der Waals surface area contributed by atoms with Gasteiger partial charge < -0.3 is 9.15 Å². The predicted octanol–water partition coefficient (Wildman–Crippen LogP) is 4.40. The van der Waals surface area contributed by atoms with Crippen molar-refractivity contribution in [1.29, 1.82) is 0 Å². The summed E-state index contributed by atoms with van der Waals surface area (Å²) in [6.07, 6.45) is 3.76. The minimum absolute atomic E-state index is 0.276. The lowest BCUT2D eigenvalue weighted by Crippen LogP contribution is -2.23. The monoisotopic (exact) mass is 356 g/mol. The number of aromatic nitrogens is 1. The van der Waals surface area contributed by atoms with E-state index in [9.17, 15) is 4.79 Å². The third kappa shape index (κ3) is 3.19. The van der Waals surface area contributed by atoms with Crippen molar-refractivity contribution in [3.63, 3.8) is 0 Å². The Hall–Kier alpha value is -2.18. The van der Waals surface area contributed by atoms with Gasteiger partial charge in [0, 0.05) is 0 Å². The van der Waals surface area contributed by atoms with Crippen molar-refractivity contribution in [2.24, 2.45) is 0 Å². The van der Waals surface area contributed by atoms with Crippen LogP contribution in [0.1, 0.15) is 46.9 Å². The Balaban J connectivity index is 1.56. The van der Waals surface area contributed by atoms with Gasteiger partial charge in [0.1, 0.15) is 16.3 Å². The molecule has 4 rings (SSSR count). The number of esters is 1. The van der Waals surface area contributed by atoms with Crippen LogP contribution in [0.4, 0.5) is 0 Å². The molecule has 2 aromatic heterocycles. The molecular weight excluding hydrogens is 336 g/mol. The first kappa shape index (κ1) is 16.3. The van der Waals surface area contributed by atoms with Gasteiger partial charge in [0.2, 0.25) is 0 Å². The summed E-state index contributed by atoms with van der Waals surface area (Å²) < 4.78 is 11.9. The second kappa shape index (κ2) is 6.98. The van der Waals surface area contributed by atoms with E-state index in [-0.39, 0.29) is 12.0 Å². The molecule has 0 amide bonds. The molecule has 1 fully saturated rings. The normalized spacial score (nSPS) is 18.0. The maximum Gasteiger partial charge on any atom is 0.341 e. The van der Waals surface area contributed by atoms with Crippen LogP contribution < -0.4 is 0 Å². The Kier molecular flexibility index (Phi) is 4.55. The molecule has 1 aliphatic rings. The summed E-state index contributed by atoms with van der Waals surface area (Å²) in [5.41, 5.74) is 1.58. The van der Waals surface area contributed by atoms with Crippen LogP contribution in [-0.4, -0.2) is 29.0 Å². The number of fused-ring (bicyclic) bond motifs is 1. The highest BCUT2D eigenvalue weighted by Crippen LogP contribution is 2.37. The Morgan fingerprint density at radius 2 is 2.28 bits per heavy atom. The zero-order valence-electron chi connectivity index (χ0n) is 14.1. The number of likely N-dealkylation sites (tertiary alicyclic amines) is 1. The van der Waals surface area contributed by atoms with Crippen LogP contribution >= 0.6 is 11.3 Å². The third-order valence-electron chi connectivity index (χ3n) is 4.55. The number of hydrogen-bond donors (Lipinski definition) is 0. The number of nitrogens with zero attached hydrogens (tertiary/aromatic N) is 2. The number of rotatable bonds is 5. The van der Waals surface area contributed by atoms with Crippen LogP contribution in [0.2, 0.25) is 0 Å². The Morgan fingerprint density at radius 1 is 1.40 bits per heavy atom. The number of ether oxygens (including phenoxy) is 1. The maximum absolute atomic E-state index is 12.1. The zero-order chi connectivity index (χ0) is 17.2. The number of hydrogen-bond acceptors (Lipinski definition) is 6. The van der Waals surface area contributed by atoms with Crippen molar-refractivity contribution in [1.82, 2.24) is 9.88 Å². The molecule has 1 aromatic carbocycles. The fourth-order valence-corrected chi connectivity index (χ4v) is 4.50. The molecule has 5 nitrogen and oxygen atoms in total. The maximum atomic E-state index is 12.1. The number of carbonyl (C=O) groups excluding carboxylic acids is 1. The van der Waals surface area contributed by atoms with E-state index >= 15 is 0 Å². The molecule has 1 saturated heterocycles. The smallest absolute Gasteiger partial charge is 0.341 e. The Bertz CT molecular complexity index is 853. The molecular formula is C19H20N2O3S. The predicted molar refractivity (Wildman–Crippen MR) is 96.7 cm³/mol. The quantitative estimate of drug-likeness (QED) is 0.634. The molecule has 3 aromatic rings. The van der Waals surface area contributed by atoms with Crippen LogP contribution in [0.5, 0.6) is 0 Å². The first-order chi connectivity index (χ1) is 12.3. The molecule has 1 unspecified atom stereocenters. The number of furan rings is 1. The molecule has 0 bridgehead atoms. The van der Waals surface area contributed by atoms with Gasteiger partial charge >= 0.3 is 5.97 Å². The molecule has 130 valence electrons. The van der Waals surface area contributed by atoms with Gasteiger partial charge in [0.25, 0.3) is 0 Å². The molecule has 6 heteroatoms. The van der Waals surface area contributed by atoms with E-state index in [1.54, 1.807) is 30.6 Å². The van der Waals surface area contributed by atoms with Crippen molar-refractivity contribution < 1.29 is 13.9 Å². The fourth-order valence-electron chi connectivity index (χ4n) is 3.37. The highest BCUT2D eigenvalue weighted by Gasteiger charge is 2.30. The van der Waals surface area contributed by atoms with Crippen LogP contribution in [0.25, 0.3) is 10.2 Å². The van der Waals surface area contributed by atoms with Crippen molar-refractivity contribution in [2.45, 2.75) is 32.4 Å². The van der Waals surface area contributed by atoms with Gasteiger partial charge in [-0.25, -0.2) is 9.78 Å². The van der Waals surface area contributed by atoms with Gasteiger partial charge in [-0.3, -0.25) is 4.90 Å². The lowest BCUT2D eigenvalue weighted by Gasteiger charge is -2.21. The minimum Gasteiger partial charge on any atom is -0.467 e. The standard InChI is InChI=1S/C19H20N2O3S/c1-2-23-19(22)13-9-11-24-16(13)12-21-10-5-7-15(21)18-20-14-6-3-4-8-17(14)25-18/h3-4,6,8-9,11,15H,2,5,7,10,12H2,1H3. The summed E-state index contributed by atoms with van der Waals surface area (Å²) in [5, 5.41) is 1.14. The highest BCUT2D eigenvalue weighted by atomic mass is 32.1. The summed E-state index contributed by atoms with van der Waals surface area (Å²) in [6.45, 7) is 3.74. The van der Waals surface area contributed by atoms with Crippen molar-refractivity contribution in [3.05, 3.63) is 52.9 Å². The lowest BCUT2D eigenvalue weighted by molar-refractivity contribution is 0.0521. The summed E-state index contributed by atoms with van der Waals surface area (Å²) in [6, 6.07) is 10.2. The Labute approximate surface area is 150 Å². The molecule has 1 aliphatic heterocycles. The molecule has 0 spiro atoms. The first-order valence-electron chi connectivity index (χ1n) is 8.59. The van der Waals surface area contributed by atoms with Gasteiger partial charge in [0.15, 0.2) is 0 Å². The van der Waals surface area contributed by atoms with E-state index in [1.807, 2.05) is 12.1 Å². The van der Waals surface area contributed by atoms with Crippen LogP contribution in [0.15, 0.2) is 41.0 Å². The number of para-hydroxylation sites is 1. The average Bonchev–Trinajstić information content (AvgIpc) is 3.34. The van der Waals surface area contributed by atoms with Gasteiger partial charge in [-0.05, 0) is 44.5 Å². The highest BCUT2D eigenvalue weighted by molar-refractivity contribution is 7.18. The second-order valence-electron chi connectivity index (χ2n) is 6.13. The number of benzene rings is 1. The zero-order valence-corrected chi connectivity index (χ0v) is 14.9. The molecule has 0 aliphatic carbocycles. The van der Waals surface area contributed by atoms with Gasteiger partial charge in [-0.15, -0.1) is 11.3 Å². The van der Waals surface area contributed by atoms with Crippen LogP contribution in [-0.2, 0) is 11.3 Å². The van der Waals surface area contributed by atoms with Crippen LogP contribution in [0.3, 0.4) is 0 Å². The molecule has 0 saturated carbocycles. The number of carbonyl (C=O) groups is 1. The van der Waals surface area contributed by atoms with Crippen molar-refractivity contribution >= 4 is 27.5 Å². The topological polar surface area (TPSA) is 55.6 Å². The summed E-state index contributed by atoms with van der Waals surface area (Å²) >= 11 is 1.75. The van der Waals surface area contributed by atoms with Gasteiger partial charge in [-0.1, -0.05) is 12.1 Å². The van der Waals surface area contributed by atoms with E-state index in [4.69, 9.17) is 14.1 Å². The van der Waals surface area contributed by atoms with Crippen LogP contribution in [0, 0.1) is 0 Å². The van der Waals surface area contributed by atoms with E-state index in [0.717, 1.165) is 29.9 Å². The summed E-state index contributed by atoms with van der Waals surface area (Å²) in [5.74, 6) is 0.355. The van der Waals surface area contributed by atoms with Gasteiger partial charge in [-0.2, -0.15) is 0 Å². The van der Waals surface area contributed by atoms with Crippen molar-refractivity contribution in [3.8, 4) is 0 Å². The molecule has 3 heterocycles. The molecule has 0 N–H and O–H groups in total. The minimum atomic E-state index is -0.318. The third-order valence-corrected chi connectivity index (χ3v) is 5.68. The van der Waals surface area contributed by atoms with E-state index in [1.165, 1.54) is 4.70 Å². The fraction of sp³-hybridized carbons (Fsp3) is 0.368. The summed E-state index contributed by atoms with van der Waals surface area (Å²) in [4.78, 5) is 19.2. The molecule has 0 radical (unpaired) electrons. The summed E-state index contributed by atoms with van der Waals surface area (Å²) in [7, 11) is 0. The molecule has 25 heavy (non-hydrogen) atoms. The SMILES string of the molecule is CCOC(=O)c1ccoc1CN1CCCC1c1nc2ccccc2s1. The largest absolute Gasteiger partial charge is 0.467 e. The van der Waals surface area contributed by atoms with E-state index in [0.29, 0.717) is 24.5 Å². The average molecular weight is 356 g/mol. The lowest BCUT2D eigenvalue weighted by atomic mass is 10.2. The van der Waals surface area contributed by atoms with E-state index < -0.39 is 0 Å². The van der Waals surface area contributed by atoms with Gasteiger partial charge in [0.05, 0.1) is 35.7 Å². The number of thiazole rings is 1.